The highest BCUT2D eigenvalue weighted by molar-refractivity contribution is 7.11. The van der Waals surface area contributed by atoms with Crippen LogP contribution in [0, 0.1) is 17.1 Å². The number of carbonyl (C=O) groups excluding carboxylic acids is 1. The van der Waals surface area contributed by atoms with Crippen LogP contribution < -0.4 is 5.32 Å². The van der Waals surface area contributed by atoms with Crippen molar-refractivity contribution < 1.29 is 22.4 Å². The molecule has 0 bridgehead atoms. The van der Waals surface area contributed by atoms with Gasteiger partial charge in [-0.15, -0.1) is 11.3 Å². The Morgan fingerprint density at radius 3 is 2.69 bits per heavy atom. The van der Waals surface area contributed by atoms with Crippen molar-refractivity contribution in [1.82, 2.24) is 25.1 Å². The van der Waals surface area contributed by atoms with Crippen molar-refractivity contribution in [3.63, 3.8) is 0 Å². The summed E-state index contributed by atoms with van der Waals surface area (Å²) in [6, 6.07) is 6.58. The van der Waals surface area contributed by atoms with E-state index in [9.17, 15) is 22.4 Å². The Kier molecular flexibility index (Phi) is 6.01. The highest BCUT2D eigenvalue weighted by Gasteiger charge is 2.35. The molecule has 1 amide bonds. The number of aromatic nitrogens is 4. The standard InChI is InChI=1S/C24H16F4N6OS/c25-19-6-17(4-3-14(19)8-31-23(35)22-21(13-1-2-13)32-12-36-22)34-11-16(10-33-34)15-5-18(24(26,27)28)20(7-29)30-9-15/h3-6,9-13H,1-2,8H2,(H,31,35). The van der Waals surface area contributed by atoms with Gasteiger partial charge in [-0.05, 0) is 31.0 Å². The number of hydrogen-bond acceptors (Lipinski definition) is 6. The molecule has 5 rings (SSSR count). The summed E-state index contributed by atoms with van der Waals surface area (Å²) in [4.78, 5) is 20.9. The van der Waals surface area contributed by atoms with E-state index in [2.05, 4.69) is 20.4 Å². The average Bonchev–Trinajstić information content (AvgIpc) is 3.37. The molecule has 7 nitrogen and oxygen atoms in total. The van der Waals surface area contributed by atoms with Gasteiger partial charge in [0.15, 0.2) is 5.69 Å². The van der Waals surface area contributed by atoms with E-state index in [1.807, 2.05) is 0 Å². The number of halogens is 4. The second kappa shape index (κ2) is 9.16. The van der Waals surface area contributed by atoms with Gasteiger partial charge in [0, 0.05) is 41.5 Å². The van der Waals surface area contributed by atoms with E-state index in [0.717, 1.165) is 30.8 Å². The van der Waals surface area contributed by atoms with E-state index >= 15 is 0 Å². The third-order valence-corrected chi connectivity index (χ3v) is 6.56. The van der Waals surface area contributed by atoms with Gasteiger partial charge in [-0.1, -0.05) is 6.07 Å². The number of amides is 1. The molecular formula is C24H16F4N6OS. The molecule has 1 aliphatic rings. The van der Waals surface area contributed by atoms with E-state index in [0.29, 0.717) is 22.0 Å². The molecule has 1 aromatic carbocycles. The van der Waals surface area contributed by atoms with Crippen LogP contribution in [0.5, 0.6) is 0 Å². The Morgan fingerprint density at radius 2 is 2.00 bits per heavy atom. The topological polar surface area (TPSA) is 96.5 Å². The molecule has 0 radical (unpaired) electrons. The fourth-order valence-corrected chi connectivity index (χ4v) is 4.48. The Balaban J connectivity index is 1.31. The third-order valence-electron chi connectivity index (χ3n) is 5.72. The molecule has 0 saturated heterocycles. The van der Waals surface area contributed by atoms with E-state index in [-0.39, 0.29) is 23.6 Å². The minimum Gasteiger partial charge on any atom is -0.347 e. The van der Waals surface area contributed by atoms with Gasteiger partial charge < -0.3 is 5.32 Å². The van der Waals surface area contributed by atoms with Crippen LogP contribution in [0.15, 0.2) is 48.4 Å². The number of benzene rings is 1. The number of nitriles is 1. The van der Waals surface area contributed by atoms with Crippen LogP contribution in [0.1, 0.15) is 50.9 Å². The fourth-order valence-electron chi connectivity index (χ4n) is 3.69. The van der Waals surface area contributed by atoms with Crippen molar-refractivity contribution in [2.24, 2.45) is 0 Å². The maximum absolute atomic E-state index is 14.8. The summed E-state index contributed by atoms with van der Waals surface area (Å²) in [7, 11) is 0. The number of nitrogens with one attached hydrogen (secondary N) is 1. The zero-order valence-electron chi connectivity index (χ0n) is 18.4. The van der Waals surface area contributed by atoms with Gasteiger partial charge in [-0.3, -0.25) is 4.79 Å². The summed E-state index contributed by atoms with van der Waals surface area (Å²) in [6.07, 6.45) is 1.20. The SMILES string of the molecule is N#Cc1ncc(-c2cnn(-c3ccc(CNC(=O)c4scnc4C4CC4)c(F)c3)c2)cc1C(F)(F)F. The molecule has 12 heteroatoms. The predicted molar refractivity (Wildman–Crippen MR) is 122 cm³/mol. The summed E-state index contributed by atoms with van der Waals surface area (Å²) < 4.78 is 55.8. The van der Waals surface area contributed by atoms with Crippen LogP contribution in [-0.2, 0) is 12.7 Å². The first-order valence-electron chi connectivity index (χ1n) is 10.8. The first kappa shape index (κ1) is 23.6. The van der Waals surface area contributed by atoms with Gasteiger partial charge >= 0.3 is 6.18 Å². The maximum atomic E-state index is 14.8. The molecule has 36 heavy (non-hydrogen) atoms. The zero-order chi connectivity index (χ0) is 25.4. The summed E-state index contributed by atoms with van der Waals surface area (Å²) in [5, 5.41) is 15.7. The molecule has 0 aliphatic heterocycles. The number of rotatable bonds is 6. The molecule has 4 aromatic rings. The molecule has 1 fully saturated rings. The van der Waals surface area contributed by atoms with Crippen molar-refractivity contribution in [2.45, 2.75) is 31.5 Å². The third kappa shape index (κ3) is 4.70. The first-order chi connectivity index (χ1) is 17.2. The first-order valence-corrected chi connectivity index (χ1v) is 11.7. The van der Waals surface area contributed by atoms with Crippen LogP contribution in [0.25, 0.3) is 16.8 Å². The molecule has 3 heterocycles. The molecule has 1 N–H and O–H groups in total. The van der Waals surface area contributed by atoms with Gasteiger partial charge in [0.25, 0.3) is 5.91 Å². The second-order valence-corrected chi connectivity index (χ2v) is 9.06. The van der Waals surface area contributed by atoms with Crippen LogP contribution in [0.3, 0.4) is 0 Å². The molecule has 1 saturated carbocycles. The Bertz CT molecular complexity index is 1500. The van der Waals surface area contributed by atoms with Crippen molar-refractivity contribution >= 4 is 17.2 Å². The molecular weight excluding hydrogens is 496 g/mol. The molecule has 182 valence electrons. The van der Waals surface area contributed by atoms with E-state index in [4.69, 9.17) is 5.26 Å². The highest BCUT2D eigenvalue weighted by Crippen LogP contribution is 2.41. The molecule has 1 aliphatic carbocycles. The van der Waals surface area contributed by atoms with Gasteiger partial charge in [-0.2, -0.15) is 23.5 Å². The molecule has 3 aromatic heterocycles. The number of carbonyl (C=O) groups is 1. The molecule has 0 atom stereocenters. The Labute approximate surface area is 206 Å². The van der Waals surface area contributed by atoms with Crippen LogP contribution in [0.4, 0.5) is 17.6 Å². The number of thiazole rings is 1. The van der Waals surface area contributed by atoms with E-state index < -0.39 is 23.3 Å². The van der Waals surface area contributed by atoms with E-state index in [1.165, 1.54) is 46.6 Å². The molecule has 0 spiro atoms. The minimum atomic E-state index is -4.74. The van der Waals surface area contributed by atoms with Crippen LogP contribution in [0.2, 0.25) is 0 Å². The van der Waals surface area contributed by atoms with Crippen LogP contribution >= 0.6 is 11.3 Å². The average molecular weight is 512 g/mol. The second-order valence-electron chi connectivity index (χ2n) is 8.20. The normalized spacial score (nSPS) is 13.4. The maximum Gasteiger partial charge on any atom is 0.419 e. The van der Waals surface area contributed by atoms with Crippen molar-refractivity contribution in [3.05, 3.63) is 81.6 Å². The van der Waals surface area contributed by atoms with Crippen molar-refractivity contribution in [2.75, 3.05) is 0 Å². The number of pyridine rings is 1. The minimum absolute atomic E-state index is 0.0194. The number of hydrogen-bond donors (Lipinski definition) is 1. The van der Waals surface area contributed by atoms with Gasteiger partial charge in [0.1, 0.15) is 16.8 Å². The van der Waals surface area contributed by atoms with E-state index in [1.54, 1.807) is 11.6 Å². The zero-order valence-corrected chi connectivity index (χ0v) is 19.2. The summed E-state index contributed by atoms with van der Waals surface area (Å²) in [6.45, 7) is -0.0194. The lowest BCUT2D eigenvalue weighted by Gasteiger charge is -2.09. The lowest BCUT2D eigenvalue weighted by molar-refractivity contribution is -0.138. The monoisotopic (exact) mass is 512 g/mol. The lowest BCUT2D eigenvalue weighted by atomic mass is 10.1. The van der Waals surface area contributed by atoms with Crippen molar-refractivity contribution in [3.8, 4) is 22.9 Å². The van der Waals surface area contributed by atoms with Gasteiger partial charge in [0.05, 0.1) is 28.7 Å². The Morgan fingerprint density at radius 1 is 1.19 bits per heavy atom. The predicted octanol–water partition coefficient (Wildman–Crippen LogP) is 5.23. The fraction of sp³-hybridized carbons (Fsp3) is 0.208. The summed E-state index contributed by atoms with van der Waals surface area (Å²) in [5.41, 5.74) is 1.59. The van der Waals surface area contributed by atoms with Gasteiger partial charge in [0.2, 0.25) is 0 Å². The molecule has 0 unspecified atom stereocenters. The number of nitrogens with zero attached hydrogens (tertiary/aromatic N) is 5. The summed E-state index contributed by atoms with van der Waals surface area (Å²) >= 11 is 1.26. The van der Waals surface area contributed by atoms with Crippen LogP contribution in [-0.4, -0.2) is 25.7 Å². The lowest BCUT2D eigenvalue weighted by Crippen LogP contribution is -2.23. The quantitative estimate of drug-likeness (QED) is 0.357. The van der Waals surface area contributed by atoms with Gasteiger partial charge in [-0.25, -0.2) is 19.0 Å². The highest BCUT2D eigenvalue weighted by atomic mass is 32.1. The number of alkyl halides is 3. The largest absolute Gasteiger partial charge is 0.419 e. The summed E-state index contributed by atoms with van der Waals surface area (Å²) in [5.74, 6) is -0.545. The smallest absolute Gasteiger partial charge is 0.347 e. The van der Waals surface area contributed by atoms with Crippen molar-refractivity contribution in [1.29, 1.82) is 5.26 Å². The Hall–Kier alpha value is -4.11.